The van der Waals surface area contributed by atoms with E-state index in [1.807, 2.05) is 20.9 Å². The molecule has 7 nitrogen and oxygen atoms in total. The minimum absolute atomic E-state index is 0.0821. The van der Waals surface area contributed by atoms with E-state index in [0.29, 0.717) is 19.8 Å². The van der Waals surface area contributed by atoms with Gasteiger partial charge < -0.3 is 19.5 Å². The van der Waals surface area contributed by atoms with Gasteiger partial charge in [0.15, 0.2) is 5.82 Å². The van der Waals surface area contributed by atoms with Gasteiger partial charge in [-0.25, -0.2) is 4.79 Å². The highest BCUT2D eigenvalue weighted by molar-refractivity contribution is 5.75. The van der Waals surface area contributed by atoms with Gasteiger partial charge in [-0.1, -0.05) is 0 Å². The van der Waals surface area contributed by atoms with Crippen LogP contribution < -0.4 is 5.32 Å². The number of carbonyl (C=O) groups is 1. The first kappa shape index (κ1) is 12.8. The Labute approximate surface area is 106 Å². The molecule has 2 atom stereocenters. The minimum atomic E-state index is -0.167. The van der Waals surface area contributed by atoms with E-state index in [1.165, 1.54) is 0 Å². The molecule has 2 amide bonds. The van der Waals surface area contributed by atoms with E-state index in [2.05, 4.69) is 15.5 Å². The lowest BCUT2D eigenvalue weighted by Crippen LogP contribution is -2.51. The van der Waals surface area contributed by atoms with Crippen LogP contribution in [0.1, 0.15) is 25.7 Å². The first-order valence-corrected chi connectivity index (χ1v) is 6.08. The zero-order valence-corrected chi connectivity index (χ0v) is 11.0. The second kappa shape index (κ2) is 5.34. The molecule has 0 radical (unpaired) electrons. The van der Waals surface area contributed by atoms with Crippen LogP contribution in [0, 0.1) is 0 Å². The number of hydrogen-bond donors (Lipinski definition) is 1. The normalized spacial score (nSPS) is 21.7. The molecule has 1 aliphatic rings. The number of nitrogens with zero attached hydrogens (tertiary/aromatic N) is 4. The van der Waals surface area contributed by atoms with E-state index in [1.54, 1.807) is 15.8 Å². The number of hydrogen-bond acceptors (Lipinski definition) is 4. The topological polar surface area (TPSA) is 72.3 Å². The van der Waals surface area contributed by atoms with Gasteiger partial charge in [-0.15, -0.1) is 10.2 Å². The van der Waals surface area contributed by atoms with Crippen molar-refractivity contribution >= 4 is 6.03 Å². The lowest BCUT2D eigenvalue weighted by molar-refractivity contribution is 0.0184. The number of urea groups is 1. The zero-order valence-electron chi connectivity index (χ0n) is 11.0. The summed E-state index contributed by atoms with van der Waals surface area (Å²) in [4.78, 5) is 13.9. The molecule has 1 fully saturated rings. The number of morpholine rings is 1. The summed E-state index contributed by atoms with van der Waals surface area (Å²) < 4.78 is 7.11. The van der Waals surface area contributed by atoms with Gasteiger partial charge in [0, 0.05) is 13.6 Å². The molecule has 1 N–H and O–H groups in total. The Morgan fingerprint density at radius 1 is 1.67 bits per heavy atom. The number of amides is 2. The molecule has 0 bridgehead atoms. The van der Waals surface area contributed by atoms with E-state index >= 15 is 0 Å². The van der Waals surface area contributed by atoms with Crippen LogP contribution in [0.4, 0.5) is 4.79 Å². The number of carbonyl (C=O) groups excluding carboxylic acids is 1. The van der Waals surface area contributed by atoms with Gasteiger partial charge in [-0.3, -0.25) is 0 Å². The van der Waals surface area contributed by atoms with Crippen LogP contribution in [0.3, 0.4) is 0 Å². The summed E-state index contributed by atoms with van der Waals surface area (Å²) in [5.74, 6) is 0.740. The Bertz CT molecular complexity index is 419. The number of rotatable bonds is 2. The molecule has 100 valence electrons. The third kappa shape index (κ3) is 2.61. The minimum Gasteiger partial charge on any atom is -0.377 e. The fraction of sp³-hybridized carbons (Fsp3) is 0.727. The second-order valence-corrected chi connectivity index (χ2v) is 4.59. The summed E-state index contributed by atoms with van der Waals surface area (Å²) >= 11 is 0. The fourth-order valence-corrected chi connectivity index (χ4v) is 2.05. The molecule has 0 unspecified atom stereocenters. The Kier molecular flexibility index (Phi) is 3.81. The van der Waals surface area contributed by atoms with Gasteiger partial charge >= 0.3 is 6.03 Å². The number of aromatic nitrogens is 3. The highest BCUT2D eigenvalue weighted by Gasteiger charge is 2.25. The quantitative estimate of drug-likeness (QED) is 0.823. The van der Waals surface area contributed by atoms with E-state index in [-0.39, 0.29) is 18.1 Å². The Hall–Kier alpha value is -1.63. The Morgan fingerprint density at radius 3 is 3.06 bits per heavy atom. The molecule has 1 aromatic heterocycles. The Morgan fingerprint density at radius 2 is 2.44 bits per heavy atom. The highest BCUT2D eigenvalue weighted by atomic mass is 16.5. The smallest absolute Gasteiger partial charge is 0.318 e. The predicted molar refractivity (Wildman–Crippen MR) is 64.9 cm³/mol. The highest BCUT2D eigenvalue weighted by Crippen LogP contribution is 2.11. The van der Waals surface area contributed by atoms with E-state index in [4.69, 9.17) is 4.74 Å². The van der Waals surface area contributed by atoms with Crippen LogP contribution in [0.2, 0.25) is 0 Å². The predicted octanol–water partition coefficient (Wildman–Crippen LogP) is 0.306. The van der Waals surface area contributed by atoms with E-state index in [9.17, 15) is 4.79 Å². The van der Waals surface area contributed by atoms with Crippen LogP contribution in [0.25, 0.3) is 0 Å². The fourth-order valence-electron chi connectivity index (χ4n) is 2.05. The molecule has 1 saturated heterocycles. The average molecular weight is 253 g/mol. The molecular weight excluding hydrogens is 234 g/mol. The number of ether oxygens (including phenoxy) is 1. The Balaban J connectivity index is 1.96. The molecule has 2 heterocycles. The maximum Gasteiger partial charge on any atom is 0.318 e. The number of aryl methyl sites for hydroxylation is 1. The molecule has 1 aliphatic heterocycles. The van der Waals surface area contributed by atoms with Crippen molar-refractivity contribution in [3.05, 3.63) is 12.2 Å². The maximum atomic E-state index is 12.1. The van der Waals surface area contributed by atoms with E-state index in [0.717, 1.165) is 5.82 Å². The molecule has 0 aliphatic carbocycles. The SMILES string of the molecule is C[C@H](NC(=O)N1CCOC[C@H]1C)c1nncn1C. The average Bonchev–Trinajstić information content (AvgIpc) is 2.76. The molecular formula is C11H19N5O2. The van der Waals surface area contributed by atoms with Gasteiger partial charge in [-0.05, 0) is 13.8 Å². The van der Waals surface area contributed by atoms with Crippen molar-refractivity contribution in [3.63, 3.8) is 0 Å². The van der Waals surface area contributed by atoms with Crippen LogP contribution >= 0.6 is 0 Å². The molecule has 18 heavy (non-hydrogen) atoms. The summed E-state index contributed by atoms with van der Waals surface area (Å²) in [7, 11) is 1.86. The van der Waals surface area contributed by atoms with Crippen molar-refractivity contribution in [2.24, 2.45) is 7.05 Å². The summed E-state index contributed by atoms with van der Waals surface area (Å²) in [5.41, 5.74) is 0. The molecule has 2 rings (SSSR count). The van der Waals surface area contributed by atoms with E-state index < -0.39 is 0 Å². The first-order valence-electron chi connectivity index (χ1n) is 6.08. The van der Waals surface area contributed by atoms with Gasteiger partial charge in [0.05, 0.1) is 25.3 Å². The van der Waals surface area contributed by atoms with Crippen molar-refractivity contribution < 1.29 is 9.53 Å². The summed E-state index contributed by atoms with van der Waals surface area (Å²) in [5, 5.41) is 10.7. The van der Waals surface area contributed by atoms with Crippen LogP contribution in [-0.2, 0) is 11.8 Å². The molecule has 0 spiro atoms. The summed E-state index contributed by atoms with van der Waals surface area (Å²) in [6.07, 6.45) is 1.62. The largest absolute Gasteiger partial charge is 0.377 e. The van der Waals surface area contributed by atoms with Gasteiger partial charge in [0.25, 0.3) is 0 Å². The van der Waals surface area contributed by atoms with Crippen molar-refractivity contribution in [2.75, 3.05) is 19.8 Å². The number of nitrogens with one attached hydrogen (secondary N) is 1. The first-order chi connectivity index (χ1) is 8.59. The standard InChI is InChI=1S/C11H19N5O2/c1-8-6-18-5-4-16(8)11(17)13-9(2)10-14-12-7-15(10)3/h7-9H,4-6H2,1-3H3,(H,13,17)/t8-,9+/m1/s1. The summed E-state index contributed by atoms with van der Waals surface area (Å²) in [6, 6.07) is -0.146. The van der Waals surface area contributed by atoms with Crippen LogP contribution in [0.5, 0.6) is 0 Å². The maximum absolute atomic E-state index is 12.1. The van der Waals surface area contributed by atoms with Crippen LogP contribution in [-0.4, -0.2) is 51.5 Å². The second-order valence-electron chi connectivity index (χ2n) is 4.59. The lowest BCUT2D eigenvalue weighted by Gasteiger charge is -2.34. The van der Waals surface area contributed by atoms with Crippen molar-refractivity contribution in [1.82, 2.24) is 25.0 Å². The third-order valence-electron chi connectivity index (χ3n) is 3.10. The summed E-state index contributed by atoms with van der Waals surface area (Å²) in [6.45, 7) is 5.68. The van der Waals surface area contributed by atoms with Gasteiger partial charge in [-0.2, -0.15) is 0 Å². The molecule has 0 aromatic carbocycles. The monoisotopic (exact) mass is 253 g/mol. The molecule has 1 aromatic rings. The molecule has 0 saturated carbocycles. The van der Waals surface area contributed by atoms with Gasteiger partial charge in [0.1, 0.15) is 6.33 Å². The lowest BCUT2D eigenvalue weighted by atomic mass is 10.2. The van der Waals surface area contributed by atoms with Crippen molar-refractivity contribution in [3.8, 4) is 0 Å². The van der Waals surface area contributed by atoms with Crippen LogP contribution in [0.15, 0.2) is 6.33 Å². The third-order valence-corrected chi connectivity index (χ3v) is 3.10. The zero-order chi connectivity index (χ0) is 13.1. The van der Waals surface area contributed by atoms with Gasteiger partial charge in [0.2, 0.25) is 0 Å². The van der Waals surface area contributed by atoms with Crippen molar-refractivity contribution in [2.45, 2.75) is 25.9 Å². The molecule has 7 heteroatoms. The van der Waals surface area contributed by atoms with Crippen molar-refractivity contribution in [1.29, 1.82) is 0 Å².